The number of benzene rings is 1. The molecule has 1 aromatic carbocycles. The predicted molar refractivity (Wildman–Crippen MR) is 126 cm³/mol. The Labute approximate surface area is 168 Å². The number of hydrogen-bond acceptors (Lipinski definition) is 3. The van der Waals surface area contributed by atoms with Crippen LogP contribution in [0.25, 0.3) is 6.08 Å². The fourth-order valence-corrected chi connectivity index (χ4v) is 2.22. The van der Waals surface area contributed by atoms with Crippen LogP contribution in [-0.2, 0) is 12.8 Å². The average Bonchev–Trinajstić information content (AvgIpc) is 2.78. The fourth-order valence-electron chi connectivity index (χ4n) is 2.22. The van der Waals surface area contributed by atoms with Gasteiger partial charge < -0.3 is 5.73 Å². The number of aromatic nitrogens is 1. The van der Waals surface area contributed by atoms with Crippen LogP contribution in [0, 0.1) is 6.92 Å². The number of aryl methyl sites for hydroxylation is 3. The molecule has 0 aliphatic rings. The van der Waals surface area contributed by atoms with Gasteiger partial charge in [-0.15, -0.1) is 0 Å². The summed E-state index contributed by atoms with van der Waals surface area (Å²) < 4.78 is 0. The van der Waals surface area contributed by atoms with E-state index >= 15 is 0 Å². The van der Waals surface area contributed by atoms with E-state index in [9.17, 15) is 0 Å². The van der Waals surface area contributed by atoms with Crippen molar-refractivity contribution in [3.05, 3.63) is 65.5 Å². The molecule has 2 N–H and O–H groups in total. The van der Waals surface area contributed by atoms with E-state index < -0.39 is 0 Å². The molecule has 0 fully saturated rings. The SMILES string of the molecule is C=Cc1cc(CCc2ccccn2)cc(C)c1N=C.CC.CC.CC.CN. The molecule has 0 saturated heterocycles. The molecule has 3 nitrogen and oxygen atoms in total. The van der Waals surface area contributed by atoms with Gasteiger partial charge in [-0.3, -0.25) is 9.98 Å². The van der Waals surface area contributed by atoms with E-state index in [-0.39, 0.29) is 0 Å². The summed E-state index contributed by atoms with van der Waals surface area (Å²) in [5, 5.41) is 0. The Kier molecular flexibility index (Phi) is 23.8. The Hall–Kier alpha value is -2.26. The van der Waals surface area contributed by atoms with Crippen molar-refractivity contribution < 1.29 is 0 Å². The molecule has 0 unspecified atom stereocenters. The maximum absolute atomic E-state index is 4.50. The van der Waals surface area contributed by atoms with Gasteiger partial charge in [-0.2, -0.15) is 0 Å². The van der Waals surface area contributed by atoms with Crippen molar-refractivity contribution in [3.8, 4) is 0 Å². The topological polar surface area (TPSA) is 51.3 Å². The van der Waals surface area contributed by atoms with E-state index in [0.717, 1.165) is 35.3 Å². The molecular formula is C24H41N3. The first-order valence-corrected chi connectivity index (χ1v) is 9.95. The Balaban J connectivity index is -0.000000638. The minimum atomic E-state index is 0.927. The van der Waals surface area contributed by atoms with Crippen molar-refractivity contribution in [2.24, 2.45) is 10.7 Å². The highest BCUT2D eigenvalue weighted by atomic mass is 14.7. The largest absolute Gasteiger partial charge is 0.333 e. The van der Waals surface area contributed by atoms with E-state index in [2.05, 4.69) is 54.1 Å². The van der Waals surface area contributed by atoms with Gasteiger partial charge in [-0.1, -0.05) is 66.3 Å². The smallest absolute Gasteiger partial charge is 0.0723 e. The molecule has 2 rings (SSSR count). The van der Waals surface area contributed by atoms with E-state index in [0.29, 0.717) is 0 Å². The molecule has 1 aromatic heterocycles. The quantitative estimate of drug-likeness (QED) is 0.587. The number of nitrogens with two attached hydrogens (primary N) is 1. The van der Waals surface area contributed by atoms with Crippen molar-refractivity contribution in [3.63, 3.8) is 0 Å². The summed E-state index contributed by atoms with van der Waals surface area (Å²) in [6.45, 7) is 21.5. The lowest BCUT2D eigenvalue weighted by Gasteiger charge is -2.09. The normalized spacial score (nSPS) is 8.04. The van der Waals surface area contributed by atoms with Gasteiger partial charge in [0.1, 0.15) is 0 Å². The van der Waals surface area contributed by atoms with Gasteiger partial charge in [0.25, 0.3) is 0 Å². The highest BCUT2D eigenvalue weighted by Crippen LogP contribution is 2.26. The monoisotopic (exact) mass is 371 g/mol. The number of aliphatic imine (C=N–C) groups is 1. The summed E-state index contributed by atoms with van der Waals surface area (Å²) in [7, 11) is 1.50. The van der Waals surface area contributed by atoms with Crippen molar-refractivity contribution >= 4 is 18.5 Å². The van der Waals surface area contributed by atoms with Gasteiger partial charge in [0.15, 0.2) is 0 Å². The van der Waals surface area contributed by atoms with E-state index in [4.69, 9.17) is 0 Å². The Morgan fingerprint density at radius 1 is 1.00 bits per heavy atom. The molecule has 2 aromatic rings. The molecule has 27 heavy (non-hydrogen) atoms. The van der Waals surface area contributed by atoms with E-state index in [1.165, 1.54) is 12.6 Å². The first-order valence-electron chi connectivity index (χ1n) is 9.95. The van der Waals surface area contributed by atoms with Crippen LogP contribution in [-0.4, -0.2) is 18.7 Å². The molecule has 0 bridgehead atoms. The van der Waals surface area contributed by atoms with Crippen molar-refractivity contribution in [1.29, 1.82) is 0 Å². The lowest BCUT2D eigenvalue weighted by molar-refractivity contribution is 0.912. The number of pyridine rings is 1. The highest BCUT2D eigenvalue weighted by Gasteiger charge is 2.05. The molecular weight excluding hydrogens is 330 g/mol. The lowest BCUT2D eigenvalue weighted by atomic mass is 10.00. The molecule has 0 aliphatic heterocycles. The molecule has 0 atom stereocenters. The number of hydrogen-bond donors (Lipinski definition) is 1. The second kappa shape index (κ2) is 21.8. The second-order valence-electron chi connectivity index (χ2n) is 4.53. The Morgan fingerprint density at radius 2 is 1.59 bits per heavy atom. The fraction of sp³-hybridized carbons (Fsp3) is 0.417. The zero-order valence-electron chi connectivity index (χ0n) is 18.8. The molecule has 0 radical (unpaired) electrons. The third kappa shape index (κ3) is 11.9. The molecule has 0 saturated carbocycles. The molecule has 3 heteroatoms. The highest BCUT2D eigenvalue weighted by molar-refractivity contribution is 5.69. The maximum atomic E-state index is 4.50. The lowest BCUT2D eigenvalue weighted by Crippen LogP contribution is -1.95. The molecule has 152 valence electrons. The van der Waals surface area contributed by atoms with E-state index in [1.54, 1.807) is 0 Å². The number of rotatable bonds is 5. The van der Waals surface area contributed by atoms with Crippen LogP contribution in [0.4, 0.5) is 5.69 Å². The average molecular weight is 372 g/mol. The van der Waals surface area contributed by atoms with Crippen LogP contribution in [0.2, 0.25) is 0 Å². The summed E-state index contributed by atoms with van der Waals surface area (Å²) in [5.41, 5.74) is 10.0. The standard InChI is InChI=1S/C17H18N2.3C2H6.CH5N/c1-4-15-12-14(11-13(2)17(15)18-3)8-9-16-7-5-6-10-19-16;4*1-2/h4-7,10-12H,1,3,8-9H2,2H3;3*1-2H3;2H2,1H3. The van der Waals surface area contributed by atoms with Crippen LogP contribution in [0.15, 0.2) is 48.1 Å². The first kappa shape index (κ1) is 29.5. The minimum Gasteiger partial charge on any atom is -0.333 e. The second-order valence-corrected chi connectivity index (χ2v) is 4.53. The molecule has 0 amide bonds. The van der Waals surface area contributed by atoms with Gasteiger partial charge >= 0.3 is 0 Å². The van der Waals surface area contributed by atoms with Crippen LogP contribution in [0.1, 0.15) is 63.9 Å². The predicted octanol–water partition coefficient (Wildman–Crippen LogP) is 6.80. The molecule has 0 spiro atoms. The van der Waals surface area contributed by atoms with Crippen LogP contribution >= 0.6 is 0 Å². The first-order chi connectivity index (χ1) is 13.2. The molecule has 1 heterocycles. The summed E-state index contributed by atoms with van der Waals surface area (Å²) in [6.07, 6.45) is 5.58. The van der Waals surface area contributed by atoms with Crippen LogP contribution in [0.3, 0.4) is 0 Å². The molecule has 0 aliphatic carbocycles. The Morgan fingerprint density at radius 3 is 2.04 bits per heavy atom. The van der Waals surface area contributed by atoms with Crippen molar-refractivity contribution in [2.75, 3.05) is 7.05 Å². The van der Waals surface area contributed by atoms with Crippen LogP contribution < -0.4 is 5.73 Å². The van der Waals surface area contributed by atoms with Crippen LogP contribution in [0.5, 0.6) is 0 Å². The summed E-state index contributed by atoms with van der Waals surface area (Å²) in [4.78, 5) is 8.41. The number of nitrogens with zero attached hydrogens (tertiary/aromatic N) is 2. The van der Waals surface area contributed by atoms with Gasteiger partial charge in [0, 0.05) is 17.5 Å². The Bertz CT molecular complexity index is 590. The third-order valence-electron chi connectivity index (χ3n) is 3.16. The summed E-state index contributed by atoms with van der Waals surface area (Å²) >= 11 is 0. The van der Waals surface area contributed by atoms with Gasteiger partial charge in [0.2, 0.25) is 0 Å². The van der Waals surface area contributed by atoms with Crippen molar-refractivity contribution in [2.45, 2.75) is 61.3 Å². The third-order valence-corrected chi connectivity index (χ3v) is 3.16. The minimum absolute atomic E-state index is 0.927. The van der Waals surface area contributed by atoms with Gasteiger partial charge in [-0.05, 0) is 62.9 Å². The van der Waals surface area contributed by atoms with E-state index in [1.807, 2.05) is 65.9 Å². The van der Waals surface area contributed by atoms with Gasteiger partial charge in [0.05, 0.1) is 5.69 Å². The summed E-state index contributed by atoms with van der Waals surface area (Å²) in [5.74, 6) is 0. The zero-order chi connectivity index (χ0) is 21.7. The van der Waals surface area contributed by atoms with Gasteiger partial charge in [-0.25, -0.2) is 0 Å². The summed E-state index contributed by atoms with van der Waals surface area (Å²) in [6, 6.07) is 10.3. The zero-order valence-corrected chi connectivity index (χ0v) is 18.8. The maximum Gasteiger partial charge on any atom is 0.0723 e. The van der Waals surface area contributed by atoms with Crippen molar-refractivity contribution in [1.82, 2.24) is 4.98 Å².